The molecule has 0 spiro atoms. The van der Waals surface area contributed by atoms with Crippen LogP contribution < -0.4 is 5.73 Å². The van der Waals surface area contributed by atoms with Gasteiger partial charge in [-0.15, -0.1) is 0 Å². The summed E-state index contributed by atoms with van der Waals surface area (Å²) in [6.07, 6.45) is 0.892. The standard InChI is InChI=1S/C7H12ClN3/c1-4(2)3-5-6(8)11-7(9)10-5/h4H,3H2,1-2H3,(H3,9,10,11). The fraction of sp³-hybridized carbons (Fsp3) is 0.571. The average Bonchev–Trinajstić information content (AvgIpc) is 2.09. The van der Waals surface area contributed by atoms with Gasteiger partial charge in [-0.1, -0.05) is 25.4 Å². The van der Waals surface area contributed by atoms with Crippen molar-refractivity contribution in [2.24, 2.45) is 5.92 Å². The van der Waals surface area contributed by atoms with Crippen LogP contribution in [-0.4, -0.2) is 9.97 Å². The highest BCUT2D eigenvalue weighted by molar-refractivity contribution is 6.30. The number of hydrogen-bond donors (Lipinski definition) is 2. The van der Waals surface area contributed by atoms with Crippen molar-refractivity contribution in [3.8, 4) is 0 Å². The molecule has 4 heteroatoms. The van der Waals surface area contributed by atoms with Gasteiger partial charge in [0.05, 0.1) is 5.69 Å². The summed E-state index contributed by atoms with van der Waals surface area (Å²) in [5.74, 6) is 0.956. The number of aromatic nitrogens is 2. The van der Waals surface area contributed by atoms with Crippen LogP contribution in [0.15, 0.2) is 0 Å². The third-order valence-electron chi connectivity index (χ3n) is 1.36. The maximum absolute atomic E-state index is 5.77. The van der Waals surface area contributed by atoms with E-state index in [1.54, 1.807) is 0 Å². The smallest absolute Gasteiger partial charge is 0.199 e. The Morgan fingerprint density at radius 1 is 1.64 bits per heavy atom. The van der Waals surface area contributed by atoms with Crippen LogP contribution in [0.1, 0.15) is 19.5 Å². The number of nitrogens with zero attached hydrogens (tertiary/aromatic N) is 1. The first kappa shape index (κ1) is 8.40. The highest BCUT2D eigenvalue weighted by Crippen LogP contribution is 2.16. The summed E-state index contributed by atoms with van der Waals surface area (Å²) in [6.45, 7) is 4.24. The third kappa shape index (κ3) is 2.12. The molecular weight excluding hydrogens is 162 g/mol. The average molecular weight is 174 g/mol. The van der Waals surface area contributed by atoms with Crippen molar-refractivity contribution >= 4 is 17.5 Å². The fourth-order valence-corrected chi connectivity index (χ4v) is 1.17. The fourth-order valence-electron chi connectivity index (χ4n) is 0.951. The summed E-state index contributed by atoms with van der Waals surface area (Å²) in [7, 11) is 0. The normalized spacial score (nSPS) is 10.9. The predicted octanol–water partition coefficient (Wildman–Crippen LogP) is 1.84. The van der Waals surface area contributed by atoms with Gasteiger partial charge in [0.1, 0.15) is 0 Å². The van der Waals surface area contributed by atoms with E-state index >= 15 is 0 Å². The Morgan fingerprint density at radius 3 is 2.64 bits per heavy atom. The van der Waals surface area contributed by atoms with Crippen molar-refractivity contribution < 1.29 is 0 Å². The second-order valence-corrected chi connectivity index (χ2v) is 3.35. The van der Waals surface area contributed by atoms with E-state index in [1.165, 1.54) is 0 Å². The quantitative estimate of drug-likeness (QED) is 0.717. The van der Waals surface area contributed by atoms with Crippen LogP contribution in [0.25, 0.3) is 0 Å². The Kier molecular flexibility index (Phi) is 2.39. The third-order valence-corrected chi connectivity index (χ3v) is 1.67. The molecule has 0 aliphatic heterocycles. The molecule has 0 fully saturated rings. The summed E-state index contributed by atoms with van der Waals surface area (Å²) in [4.78, 5) is 6.76. The maximum Gasteiger partial charge on any atom is 0.199 e. The molecule has 0 amide bonds. The molecule has 0 bridgehead atoms. The van der Waals surface area contributed by atoms with Gasteiger partial charge in [0, 0.05) is 0 Å². The van der Waals surface area contributed by atoms with Crippen molar-refractivity contribution in [2.45, 2.75) is 20.3 Å². The van der Waals surface area contributed by atoms with Gasteiger partial charge in [-0.3, -0.25) is 0 Å². The van der Waals surface area contributed by atoms with Gasteiger partial charge < -0.3 is 10.7 Å². The predicted molar refractivity (Wildman–Crippen MR) is 46.6 cm³/mol. The number of rotatable bonds is 2. The van der Waals surface area contributed by atoms with E-state index in [9.17, 15) is 0 Å². The number of imidazole rings is 1. The first-order valence-electron chi connectivity index (χ1n) is 3.59. The SMILES string of the molecule is CC(C)Cc1[nH]c(N)nc1Cl. The van der Waals surface area contributed by atoms with Crippen LogP contribution in [0, 0.1) is 5.92 Å². The Bertz CT molecular complexity index is 242. The van der Waals surface area contributed by atoms with Crippen molar-refractivity contribution in [1.29, 1.82) is 0 Å². The van der Waals surface area contributed by atoms with Gasteiger partial charge in [0.15, 0.2) is 11.1 Å². The van der Waals surface area contributed by atoms with E-state index in [4.69, 9.17) is 17.3 Å². The summed E-state index contributed by atoms with van der Waals surface area (Å²) < 4.78 is 0. The molecule has 1 heterocycles. The number of nitrogen functional groups attached to an aromatic ring is 1. The van der Waals surface area contributed by atoms with Crippen LogP contribution in [0.5, 0.6) is 0 Å². The largest absolute Gasteiger partial charge is 0.369 e. The summed E-state index contributed by atoms with van der Waals surface area (Å²) in [5.41, 5.74) is 6.33. The van der Waals surface area contributed by atoms with Crippen molar-refractivity contribution in [2.75, 3.05) is 5.73 Å². The summed E-state index contributed by atoms with van der Waals surface area (Å²) in [5, 5.41) is 0.496. The van der Waals surface area contributed by atoms with Gasteiger partial charge in [0.2, 0.25) is 0 Å². The van der Waals surface area contributed by atoms with Crippen LogP contribution in [0.4, 0.5) is 5.95 Å². The molecule has 0 aliphatic rings. The zero-order valence-corrected chi connectivity index (χ0v) is 7.44. The van der Waals surface area contributed by atoms with Crippen molar-refractivity contribution in [3.63, 3.8) is 0 Å². The molecular formula is C7H12ClN3. The van der Waals surface area contributed by atoms with Crippen LogP contribution in [-0.2, 0) is 6.42 Å². The molecule has 0 radical (unpaired) electrons. The van der Waals surface area contributed by atoms with E-state index < -0.39 is 0 Å². The zero-order valence-electron chi connectivity index (χ0n) is 6.69. The number of anilines is 1. The Hall–Kier alpha value is -0.700. The minimum atomic E-state index is 0.394. The number of H-pyrrole nitrogens is 1. The molecule has 0 aromatic carbocycles. The molecule has 1 rings (SSSR count). The maximum atomic E-state index is 5.77. The topological polar surface area (TPSA) is 54.7 Å². The molecule has 1 aromatic rings. The van der Waals surface area contributed by atoms with Crippen molar-refractivity contribution in [3.05, 3.63) is 10.8 Å². The monoisotopic (exact) mass is 173 g/mol. The second-order valence-electron chi connectivity index (χ2n) is 2.99. The van der Waals surface area contributed by atoms with Gasteiger partial charge >= 0.3 is 0 Å². The lowest BCUT2D eigenvalue weighted by atomic mass is 10.1. The lowest BCUT2D eigenvalue weighted by molar-refractivity contribution is 0.638. The minimum absolute atomic E-state index is 0.394. The summed E-state index contributed by atoms with van der Waals surface area (Å²) in [6, 6.07) is 0. The molecule has 0 aliphatic carbocycles. The number of hydrogen-bond acceptors (Lipinski definition) is 2. The summed E-state index contributed by atoms with van der Waals surface area (Å²) >= 11 is 5.77. The van der Waals surface area contributed by atoms with E-state index in [2.05, 4.69) is 23.8 Å². The molecule has 1 aromatic heterocycles. The number of nitrogens with one attached hydrogen (secondary N) is 1. The molecule has 0 saturated carbocycles. The van der Waals surface area contributed by atoms with Gasteiger partial charge in [-0.2, -0.15) is 0 Å². The van der Waals surface area contributed by atoms with Crippen LogP contribution >= 0.6 is 11.6 Å². The van der Waals surface area contributed by atoms with Gasteiger partial charge in [-0.25, -0.2) is 4.98 Å². The lowest BCUT2D eigenvalue weighted by Crippen LogP contribution is -1.95. The number of halogens is 1. The minimum Gasteiger partial charge on any atom is -0.369 e. The molecule has 0 saturated heterocycles. The van der Waals surface area contributed by atoms with Crippen molar-refractivity contribution in [1.82, 2.24) is 9.97 Å². The number of nitrogens with two attached hydrogens (primary N) is 1. The Labute approximate surface area is 71.0 Å². The number of aromatic amines is 1. The first-order chi connectivity index (χ1) is 5.09. The molecule has 11 heavy (non-hydrogen) atoms. The van der Waals surface area contributed by atoms with Gasteiger partial charge in [-0.05, 0) is 12.3 Å². The van der Waals surface area contributed by atoms with Crippen LogP contribution in [0.3, 0.4) is 0 Å². The molecule has 62 valence electrons. The molecule has 0 atom stereocenters. The molecule has 0 unspecified atom stereocenters. The zero-order chi connectivity index (χ0) is 8.43. The lowest BCUT2D eigenvalue weighted by Gasteiger charge is -2.00. The van der Waals surface area contributed by atoms with E-state index in [-0.39, 0.29) is 0 Å². The van der Waals surface area contributed by atoms with E-state index in [0.29, 0.717) is 17.0 Å². The first-order valence-corrected chi connectivity index (χ1v) is 3.97. The van der Waals surface area contributed by atoms with E-state index in [1.807, 2.05) is 0 Å². The highest BCUT2D eigenvalue weighted by atomic mass is 35.5. The van der Waals surface area contributed by atoms with Gasteiger partial charge in [0.25, 0.3) is 0 Å². The Balaban J connectivity index is 2.77. The highest BCUT2D eigenvalue weighted by Gasteiger charge is 2.06. The molecule has 3 nitrogen and oxygen atoms in total. The second kappa shape index (κ2) is 3.13. The molecule has 3 N–H and O–H groups in total. The van der Waals surface area contributed by atoms with Crippen LogP contribution in [0.2, 0.25) is 5.15 Å². The Morgan fingerprint density at radius 2 is 2.27 bits per heavy atom. The van der Waals surface area contributed by atoms with E-state index in [0.717, 1.165) is 12.1 Å².